The molecule has 3 nitrogen and oxygen atoms in total. The molecule has 0 radical (unpaired) electrons. The van der Waals surface area contributed by atoms with E-state index < -0.39 is 0 Å². The van der Waals surface area contributed by atoms with Gasteiger partial charge in [-0.3, -0.25) is 0 Å². The summed E-state index contributed by atoms with van der Waals surface area (Å²) in [5.41, 5.74) is 1.61. The van der Waals surface area contributed by atoms with Crippen LogP contribution < -0.4 is 10.1 Å². The molecule has 0 aliphatic heterocycles. The largest absolute Gasteiger partial charge is 0.496 e. The fourth-order valence-electron chi connectivity index (χ4n) is 2.32. The smallest absolute Gasteiger partial charge is 0.137 e. The van der Waals surface area contributed by atoms with Gasteiger partial charge in [-0.1, -0.05) is 6.07 Å². The number of rotatable bonds is 5. The van der Waals surface area contributed by atoms with E-state index in [0.29, 0.717) is 22.2 Å². The summed E-state index contributed by atoms with van der Waals surface area (Å²) in [6.07, 6.45) is 2.38. The Hall–Kier alpha value is -1.46. The number of ether oxygens (including phenoxy) is 1. The van der Waals surface area contributed by atoms with Gasteiger partial charge in [-0.05, 0) is 32.0 Å². The van der Waals surface area contributed by atoms with Crippen molar-refractivity contribution in [2.75, 3.05) is 14.2 Å². The van der Waals surface area contributed by atoms with Gasteiger partial charge >= 0.3 is 0 Å². The predicted octanol–water partition coefficient (Wildman–Crippen LogP) is 3.55. The second kappa shape index (κ2) is 5.50. The van der Waals surface area contributed by atoms with Crippen molar-refractivity contribution >= 4 is 11.3 Å². The van der Waals surface area contributed by atoms with Crippen molar-refractivity contribution in [3.8, 4) is 16.3 Å². The van der Waals surface area contributed by atoms with Crippen LogP contribution in [0.4, 0.5) is 4.39 Å². The van der Waals surface area contributed by atoms with E-state index in [4.69, 9.17) is 4.74 Å². The van der Waals surface area contributed by atoms with Crippen LogP contribution in [0, 0.1) is 5.82 Å². The van der Waals surface area contributed by atoms with Gasteiger partial charge < -0.3 is 10.1 Å². The van der Waals surface area contributed by atoms with Crippen molar-refractivity contribution in [3.05, 3.63) is 34.6 Å². The molecule has 1 aromatic heterocycles. The third-order valence-corrected chi connectivity index (χ3v) is 4.53. The standard InChI is InChI=1S/C15H17FN2OS/c1-17-8-12-14(9-6-7-9)18-15(20-12)13-10(16)4-3-5-11(13)19-2/h3-5,9,17H,6-8H2,1-2H3. The van der Waals surface area contributed by atoms with Crippen LogP contribution in [-0.4, -0.2) is 19.1 Å². The molecule has 1 aliphatic carbocycles. The Morgan fingerprint density at radius 3 is 2.90 bits per heavy atom. The second-order valence-corrected chi connectivity index (χ2v) is 6.03. The van der Waals surface area contributed by atoms with E-state index in [1.807, 2.05) is 7.05 Å². The lowest BCUT2D eigenvalue weighted by Gasteiger charge is -2.06. The molecule has 0 bridgehead atoms. The normalized spacial score (nSPS) is 14.6. The molecule has 1 aliphatic rings. The maximum absolute atomic E-state index is 14.1. The molecule has 0 unspecified atom stereocenters. The number of methoxy groups -OCH3 is 1. The number of hydrogen-bond donors (Lipinski definition) is 1. The first kappa shape index (κ1) is 13.5. The third kappa shape index (κ3) is 2.43. The third-order valence-electron chi connectivity index (χ3n) is 3.44. The fraction of sp³-hybridized carbons (Fsp3) is 0.400. The number of aromatic nitrogens is 1. The lowest BCUT2D eigenvalue weighted by atomic mass is 10.2. The van der Waals surface area contributed by atoms with Crippen molar-refractivity contribution in [3.63, 3.8) is 0 Å². The van der Waals surface area contributed by atoms with E-state index in [-0.39, 0.29) is 5.82 Å². The van der Waals surface area contributed by atoms with Gasteiger partial charge in [0.2, 0.25) is 0 Å². The monoisotopic (exact) mass is 292 g/mol. The van der Waals surface area contributed by atoms with Crippen molar-refractivity contribution in [1.82, 2.24) is 10.3 Å². The average molecular weight is 292 g/mol. The lowest BCUT2D eigenvalue weighted by Crippen LogP contribution is -2.05. The summed E-state index contributed by atoms with van der Waals surface area (Å²) >= 11 is 1.56. The first-order valence-corrected chi connectivity index (χ1v) is 7.53. The zero-order valence-electron chi connectivity index (χ0n) is 11.6. The summed E-state index contributed by atoms with van der Waals surface area (Å²) in [6, 6.07) is 4.88. The van der Waals surface area contributed by atoms with Gasteiger partial charge in [0.05, 0.1) is 18.4 Å². The average Bonchev–Trinajstić information content (AvgIpc) is 3.21. The molecule has 106 valence electrons. The lowest BCUT2D eigenvalue weighted by molar-refractivity contribution is 0.413. The van der Waals surface area contributed by atoms with Gasteiger partial charge in [0, 0.05) is 17.3 Å². The summed E-state index contributed by atoms with van der Waals surface area (Å²) in [5.74, 6) is 0.815. The first-order chi connectivity index (χ1) is 9.74. The van der Waals surface area contributed by atoms with Crippen LogP contribution in [0.15, 0.2) is 18.2 Å². The van der Waals surface area contributed by atoms with Crippen molar-refractivity contribution in [2.45, 2.75) is 25.3 Å². The molecular weight excluding hydrogens is 275 g/mol. The van der Waals surface area contributed by atoms with Gasteiger partial charge in [-0.15, -0.1) is 11.3 Å². The van der Waals surface area contributed by atoms with Gasteiger partial charge in [0.1, 0.15) is 16.6 Å². The Kier molecular flexibility index (Phi) is 3.72. The minimum atomic E-state index is -0.281. The highest BCUT2D eigenvalue weighted by atomic mass is 32.1. The second-order valence-electron chi connectivity index (χ2n) is 4.95. The van der Waals surface area contributed by atoms with Crippen LogP contribution in [0.5, 0.6) is 5.75 Å². The van der Waals surface area contributed by atoms with Gasteiger partial charge in [-0.2, -0.15) is 0 Å². The van der Waals surface area contributed by atoms with Gasteiger partial charge in [-0.25, -0.2) is 9.37 Å². The van der Waals surface area contributed by atoms with E-state index in [1.165, 1.54) is 23.8 Å². The van der Waals surface area contributed by atoms with Gasteiger partial charge in [0.15, 0.2) is 0 Å². The molecular formula is C15H17FN2OS. The maximum atomic E-state index is 14.1. The summed E-state index contributed by atoms with van der Waals surface area (Å²) in [6.45, 7) is 0.778. The minimum Gasteiger partial charge on any atom is -0.496 e. The number of halogens is 1. The topological polar surface area (TPSA) is 34.1 Å². The van der Waals surface area contributed by atoms with Crippen LogP contribution in [0.2, 0.25) is 0 Å². The number of hydrogen-bond acceptors (Lipinski definition) is 4. The van der Waals surface area contributed by atoms with E-state index in [0.717, 1.165) is 12.2 Å². The van der Waals surface area contributed by atoms with Crippen LogP contribution in [-0.2, 0) is 6.54 Å². The molecule has 0 atom stereocenters. The van der Waals surface area contributed by atoms with Crippen molar-refractivity contribution in [1.29, 1.82) is 0 Å². The van der Waals surface area contributed by atoms with E-state index in [9.17, 15) is 4.39 Å². The molecule has 0 amide bonds. The maximum Gasteiger partial charge on any atom is 0.137 e. The van der Waals surface area contributed by atoms with E-state index in [2.05, 4.69) is 10.3 Å². The summed E-state index contributed by atoms with van der Waals surface area (Å²) < 4.78 is 19.4. The van der Waals surface area contributed by atoms with E-state index >= 15 is 0 Å². The molecule has 1 N–H and O–H groups in total. The molecule has 3 rings (SSSR count). The number of nitrogens with one attached hydrogen (secondary N) is 1. The van der Waals surface area contributed by atoms with Crippen molar-refractivity contribution in [2.24, 2.45) is 0 Å². The summed E-state index contributed by atoms with van der Waals surface area (Å²) in [5, 5.41) is 3.88. The predicted molar refractivity (Wildman–Crippen MR) is 78.8 cm³/mol. The molecule has 1 heterocycles. The Morgan fingerprint density at radius 1 is 1.45 bits per heavy atom. The molecule has 1 saturated carbocycles. The highest BCUT2D eigenvalue weighted by Gasteiger charge is 2.30. The highest BCUT2D eigenvalue weighted by molar-refractivity contribution is 7.15. The number of benzene rings is 1. The molecule has 5 heteroatoms. The van der Waals surface area contributed by atoms with Gasteiger partial charge in [0.25, 0.3) is 0 Å². The Morgan fingerprint density at radius 2 is 2.25 bits per heavy atom. The summed E-state index contributed by atoms with van der Waals surface area (Å²) in [4.78, 5) is 5.89. The fourth-order valence-corrected chi connectivity index (χ4v) is 3.53. The number of nitrogens with zero attached hydrogens (tertiary/aromatic N) is 1. The van der Waals surface area contributed by atoms with Crippen LogP contribution in [0.1, 0.15) is 29.3 Å². The zero-order chi connectivity index (χ0) is 14.1. The Bertz CT molecular complexity index is 622. The number of thiazole rings is 1. The Labute approximate surface area is 121 Å². The molecule has 2 aromatic rings. The van der Waals surface area contributed by atoms with Crippen LogP contribution in [0.25, 0.3) is 10.6 Å². The van der Waals surface area contributed by atoms with Crippen molar-refractivity contribution < 1.29 is 9.13 Å². The van der Waals surface area contributed by atoms with Crippen LogP contribution in [0.3, 0.4) is 0 Å². The Balaban J connectivity index is 2.08. The highest BCUT2D eigenvalue weighted by Crippen LogP contribution is 2.45. The molecule has 0 spiro atoms. The van der Waals surface area contributed by atoms with E-state index in [1.54, 1.807) is 30.6 Å². The van der Waals surface area contributed by atoms with Crippen LogP contribution >= 0.6 is 11.3 Å². The molecule has 0 saturated heterocycles. The SMILES string of the molecule is CNCc1sc(-c2c(F)cccc2OC)nc1C1CC1. The molecule has 1 fully saturated rings. The quantitative estimate of drug-likeness (QED) is 0.915. The molecule has 1 aromatic carbocycles. The zero-order valence-corrected chi connectivity index (χ0v) is 12.4. The summed E-state index contributed by atoms with van der Waals surface area (Å²) in [7, 11) is 3.47. The molecule has 20 heavy (non-hydrogen) atoms. The first-order valence-electron chi connectivity index (χ1n) is 6.71. The minimum absolute atomic E-state index is 0.281.